The van der Waals surface area contributed by atoms with Gasteiger partial charge in [0.25, 0.3) is 0 Å². The fourth-order valence-corrected chi connectivity index (χ4v) is 3.70. The van der Waals surface area contributed by atoms with Crippen LogP contribution in [0.4, 0.5) is 0 Å². The average molecular weight is 195 g/mol. The Hall–Kier alpha value is -0.0400. The SMILES string of the molecule is CC(C)C1CN(C)CC2CCCCC21. The van der Waals surface area contributed by atoms with Crippen molar-refractivity contribution in [1.29, 1.82) is 0 Å². The van der Waals surface area contributed by atoms with E-state index in [9.17, 15) is 0 Å². The molecule has 82 valence electrons. The normalized spacial score (nSPS) is 39.9. The third kappa shape index (κ3) is 1.98. The van der Waals surface area contributed by atoms with Crippen LogP contribution in [-0.4, -0.2) is 25.0 Å². The lowest BCUT2D eigenvalue weighted by Gasteiger charge is -2.47. The first-order chi connectivity index (χ1) is 6.68. The van der Waals surface area contributed by atoms with Crippen LogP contribution >= 0.6 is 0 Å². The zero-order valence-electron chi connectivity index (χ0n) is 10.00. The van der Waals surface area contributed by atoms with Crippen molar-refractivity contribution in [3.8, 4) is 0 Å². The molecule has 3 atom stereocenters. The summed E-state index contributed by atoms with van der Waals surface area (Å²) in [5.41, 5.74) is 0. The molecule has 0 amide bonds. The summed E-state index contributed by atoms with van der Waals surface area (Å²) in [7, 11) is 2.31. The first kappa shape index (κ1) is 10.5. The van der Waals surface area contributed by atoms with E-state index in [4.69, 9.17) is 0 Å². The van der Waals surface area contributed by atoms with Gasteiger partial charge in [0.1, 0.15) is 0 Å². The lowest BCUT2D eigenvalue weighted by atomic mass is 9.66. The summed E-state index contributed by atoms with van der Waals surface area (Å²) >= 11 is 0. The average Bonchev–Trinajstić information content (AvgIpc) is 2.16. The lowest BCUT2D eigenvalue weighted by Crippen LogP contribution is -2.47. The van der Waals surface area contributed by atoms with Crippen LogP contribution in [0.3, 0.4) is 0 Å². The Morgan fingerprint density at radius 2 is 1.79 bits per heavy atom. The Bertz CT molecular complexity index is 188. The minimum Gasteiger partial charge on any atom is -0.306 e. The Balaban J connectivity index is 2.07. The molecule has 0 spiro atoms. The Morgan fingerprint density at radius 1 is 1.07 bits per heavy atom. The minimum atomic E-state index is 0.878. The van der Waals surface area contributed by atoms with Crippen LogP contribution in [-0.2, 0) is 0 Å². The standard InChI is InChI=1S/C13H25N/c1-10(2)13-9-14(3)8-11-6-4-5-7-12(11)13/h10-13H,4-9H2,1-3H3. The zero-order valence-corrected chi connectivity index (χ0v) is 10.00. The maximum atomic E-state index is 2.57. The van der Waals surface area contributed by atoms with Crippen LogP contribution in [0.5, 0.6) is 0 Å². The third-order valence-electron chi connectivity index (χ3n) is 4.44. The molecule has 0 bridgehead atoms. The summed E-state index contributed by atoms with van der Waals surface area (Å²) in [5, 5.41) is 0. The molecule has 1 saturated heterocycles. The van der Waals surface area contributed by atoms with Crippen LogP contribution in [0, 0.1) is 23.7 Å². The summed E-state index contributed by atoms with van der Waals surface area (Å²) in [6.07, 6.45) is 5.99. The van der Waals surface area contributed by atoms with E-state index >= 15 is 0 Å². The predicted molar refractivity (Wildman–Crippen MR) is 61.3 cm³/mol. The summed E-state index contributed by atoms with van der Waals surface area (Å²) in [4.78, 5) is 2.57. The second-order valence-electron chi connectivity index (χ2n) is 5.84. The van der Waals surface area contributed by atoms with Crippen LogP contribution in [0.1, 0.15) is 39.5 Å². The van der Waals surface area contributed by atoms with Crippen molar-refractivity contribution < 1.29 is 0 Å². The van der Waals surface area contributed by atoms with Gasteiger partial charge in [0.05, 0.1) is 0 Å². The maximum absolute atomic E-state index is 2.57. The molecule has 0 aromatic rings. The van der Waals surface area contributed by atoms with Gasteiger partial charge in [-0.3, -0.25) is 0 Å². The minimum absolute atomic E-state index is 0.878. The quantitative estimate of drug-likeness (QED) is 0.621. The van der Waals surface area contributed by atoms with Crippen LogP contribution in [0.15, 0.2) is 0 Å². The Labute approximate surface area is 88.9 Å². The molecule has 14 heavy (non-hydrogen) atoms. The van der Waals surface area contributed by atoms with Gasteiger partial charge in [0.15, 0.2) is 0 Å². The van der Waals surface area contributed by atoms with Crippen molar-refractivity contribution in [3.05, 3.63) is 0 Å². The van der Waals surface area contributed by atoms with E-state index in [0.717, 1.165) is 23.7 Å². The van der Waals surface area contributed by atoms with E-state index in [0.29, 0.717) is 0 Å². The molecule has 0 N–H and O–H groups in total. The highest BCUT2D eigenvalue weighted by molar-refractivity contribution is 4.89. The first-order valence-electron chi connectivity index (χ1n) is 6.37. The summed E-state index contributed by atoms with van der Waals surface area (Å²) in [6, 6.07) is 0. The molecule has 1 saturated carbocycles. The van der Waals surface area contributed by atoms with Gasteiger partial charge in [-0.25, -0.2) is 0 Å². The number of rotatable bonds is 1. The second kappa shape index (κ2) is 4.22. The Morgan fingerprint density at radius 3 is 2.50 bits per heavy atom. The smallest absolute Gasteiger partial charge is 0.00119 e. The number of fused-ring (bicyclic) bond motifs is 1. The highest BCUT2D eigenvalue weighted by Gasteiger charge is 2.37. The molecular formula is C13H25N. The van der Waals surface area contributed by atoms with E-state index < -0.39 is 0 Å². The highest BCUT2D eigenvalue weighted by Crippen LogP contribution is 2.41. The highest BCUT2D eigenvalue weighted by atomic mass is 15.1. The summed E-state index contributed by atoms with van der Waals surface area (Å²) in [5.74, 6) is 3.93. The van der Waals surface area contributed by atoms with Gasteiger partial charge < -0.3 is 4.90 Å². The van der Waals surface area contributed by atoms with Crippen molar-refractivity contribution in [2.75, 3.05) is 20.1 Å². The third-order valence-corrected chi connectivity index (χ3v) is 4.44. The molecule has 1 aliphatic heterocycles. The van der Waals surface area contributed by atoms with Crippen molar-refractivity contribution >= 4 is 0 Å². The molecule has 0 radical (unpaired) electrons. The van der Waals surface area contributed by atoms with Crippen LogP contribution in [0.25, 0.3) is 0 Å². The van der Waals surface area contributed by atoms with Gasteiger partial charge in [-0.05, 0) is 43.6 Å². The summed E-state index contributed by atoms with van der Waals surface area (Å²) in [6.45, 7) is 7.54. The molecule has 1 aliphatic carbocycles. The molecular weight excluding hydrogens is 170 g/mol. The number of hydrogen-bond acceptors (Lipinski definition) is 1. The van der Waals surface area contributed by atoms with E-state index in [2.05, 4.69) is 25.8 Å². The molecule has 2 fully saturated rings. The fourth-order valence-electron chi connectivity index (χ4n) is 3.70. The van der Waals surface area contributed by atoms with Crippen LogP contribution < -0.4 is 0 Å². The second-order valence-corrected chi connectivity index (χ2v) is 5.84. The number of likely N-dealkylation sites (tertiary alicyclic amines) is 1. The summed E-state index contributed by atoms with van der Waals surface area (Å²) < 4.78 is 0. The van der Waals surface area contributed by atoms with Gasteiger partial charge in [0, 0.05) is 13.1 Å². The predicted octanol–water partition coefficient (Wildman–Crippen LogP) is 3.01. The Kier molecular flexibility index (Phi) is 3.16. The number of nitrogens with zero attached hydrogens (tertiary/aromatic N) is 1. The molecule has 3 unspecified atom stereocenters. The first-order valence-corrected chi connectivity index (χ1v) is 6.37. The molecule has 0 aromatic carbocycles. The molecule has 1 heterocycles. The van der Waals surface area contributed by atoms with Gasteiger partial charge >= 0.3 is 0 Å². The topological polar surface area (TPSA) is 3.24 Å². The van der Waals surface area contributed by atoms with E-state index in [1.165, 1.54) is 38.8 Å². The van der Waals surface area contributed by atoms with E-state index in [1.807, 2.05) is 0 Å². The van der Waals surface area contributed by atoms with Crippen molar-refractivity contribution in [2.24, 2.45) is 23.7 Å². The van der Waals surface area contributed by atoms with E-state index in [-0.39, 0.29) is 0 Å². The van der Waals surface area contributed by atoms with Crippen molar-refractivity contribution in [1.82, 2.24) is 4.90 Å². The molecule has 1 heteroatoms. The van der Waals surface area contributed by atoms with Gasteiger partial charge in [-0.2, -0.15) is 0 Å². The number of piperidine rings is 1. The molecule has 0 aromatic heterocycles. The van der Waals surface area contributed by atoms with Crippen LogP contribution in [0.2, 0.25) is 0 Å². The van der Waals surface area contributed by atoms with Gasteiger partial charge in [-0.15, -0.1) is 0 Å². The largest absolute Gasteiger partial charge is 0.306 e. The van der Waals surface area contributed by atoms with E-state index in [1.54, 1.807) is 0 Å². The van der Waals surface area contributed by atoms with Gasteiger partial charge in [0.2, 0.25) is 0 Å². The monoisotopic (exact) mass is 195 g/mol. The fraction of sp³-hybridized carbons (Fsp3) is 1.00. The maximum Gasteiger partial charge on any atom is 0.00119 e. The number of hydrogen-bond donors (Lipinski definition) is 0. The van der Waals surface area contributed by atoms with Crippen molar-refractivity contribution in [2.45, 2.75) is 39.5 Å². The van der Waals surface area contributed by atoms with Crippen molar-refractivity contribution in [3.63, 3.8) is 0 Å². The molecule has 1 nitrogen and oxygen atoms in total. The zero-order chi connectivity index (χ0) is 10.1. The van der Waals surface area contributed by atoms with Gasteiger partial charge in [-0.1, -0.05) is 26.7 Å². The lowest BCUT2D eigenvalue weighted by molar-refractivity contribution is 0.0250. The molecule has 2 aliphatic rings. The molecule has 2 rings (SSSR count).